The lowest BCUT2D eigenvalue weighted by Gasteiger charge is -1.96. The quantitative estimate of drug-likeness (QED) is 0.739. The standard InChI is InChI=1S/C11H12N2/c1-9-8-12-11(13-9)7-10-5-3-2-4-6-10/h2-6,8H,7H2,1H3,(H,12,13). The van der Waals surface area contributed by atoms with Gasteiger partial charge in [0.2, 0.25) is 0 Å². The SMILES string of the molecule is Cc1cnc(Cc2ccccc2)[nH]1. The van der Waals surface area contributed by atoms with E-state index in [1.54, 1.807) is 0 Å². The number of nitrogens with zero attached hydrogens (tertiary/aromatic N) is 1. The monoisotopic (exact) mass is 172 g/mol. The third kappa shape index (κ3) is 1.96. The molecule has 13 heavy (non-hydrogen) atoms. The zero-order chi connectivity index (χ0) is 9.10. The molecule has 66 valence electrons. The normalized spacial score (nSPS) is 10.2. The highest BCUT2D eigenvalue weighted by atomic mass is 14.9. The molecule has 0 aliphatic rings. The van der Waals surface area contributed by atoms with Crippen LogP contribution in [-0.4, -0.2) is 9.97 Å². The van der Waals surface area contributed by atoms with Gasteiger partial charge >= 0.3 is 0 Å². The molecule has 2 nitrogen and oxygen atoms in total. The highest BCUT2D eigenvalue weighted by Crippen LogP contribution is 2.05. The summed E-state index contributed by atoms with van der Waals surface area (Å²) >= 11 is 0. The van der Waals surface area contributed by atoms with E-state index in [-0.39, 0.29) is 0 Å². The van der Waals surface area contributed by atoms with Gasteiger partial charge in [0.1, 0.15) is 5.82 Å². The summed E-state index contributed by atoms with van der Waals surface area (Å²) in [7, 11) is 0. The summed E-state index contributed by atoms with van der Waals surface area (Å²) in [5.41, 5.74) is 2.41. The van der Waals surface area contributed by atoms with Crippen LogP contribution in [0.4, 0.5) is 0 Å². The van der Waals surface area contributed by atoms with Gasteiger partial charge in [0.05, 0.1) is 0 Å². The fourth-order valence-corrected chi connectivity index (χ4v) is 1.35. The molecule has 0 unspecified atom stereocenters. The molecule has 0 bridgehead atoms. The molecule has 0 aliphatic heterocycles. The fraction of sp³-hybridized carbons (Fsp3) is 0.182. The molecule has 1 heterocycles. The molecule has 0 radical (unpaired) electrons. The van der Waals surface area contributed by atoms with Crippen LogP contribution >= 0.6 is 0 Å². The number of aromatic nitrogens is 2. The Bertz CT molecular complexity index is 376. The molecule has 0 saturated heterocycles. The molecule has 0 fully saturated rings. The van der Waals surface area contributed by atoms with Crippen molar-refractivity contribution in [3.8, 4) is 0 Å². The predicted octanol–water partition coefficient (Wildman–Crippen LogP) is 2.31. The highest BCUT2D eigenvalue weighted by molar-refractivity contribution is 5.19. The van der Waals surface area contributed by atoms with Gasteiger partial charge in [0.15, 0.2) is 0 Å². The number of imidazole rings is 1. The Morgan fingerprint density at radius 3 is 2.62 bits per heavy atom. The molecule has 2 rings (SSSR count). The molecule has 1 N–H and O–H groups in total. The van der Waals surface area contributed by atoms with Gasteiger partial charge in [-0.25, -0.2) is 4.98 Å². The number of aromatic amines is 1. The first kappa shape index (κ1) is 8.05. The van der Waals surface area contributed by atoms with Crippen molar-refractivity contribution in [2.75, 3.05) is 0 Å². The van der Waals surface area contributed by atoms with Crippen molar-refractivity contribution in [2.45, 2.75) is 13.3 Å². The first-order chi connectivity index (χ1) is 6.34. The molecule has 1 aromatic heterocycles. The van der Waals surface area contributed by atoms with Crippen LogP contribution in [-0.2, 0) is 6.42 Å². The summed E-state index contributed by atoms with van der Waals surface area (Å²) in [6.07, 6.45) is 2.74. The maximum atomic E-state index is 4.26. The van der Waals surface area contributed by atoms with E-state index in [1.165, 1.54) is 5.56 Å². The molecule has 0 spiro atoms. The lowest BCUT2D eigenvalue weighted by atomic mass is 10.1. The van der Waals surface area contributed by atoms with Crippen LogP contribution < -0.4 is 0 Å². The van der Waals surface area contributed by atoms with Crippen molar-refractivity contribution < 1.29 is 0 Å². The van der Waals surface area contributed by atoms with Crippen LogP contribution in [0, 0.1) is 6.92 Å². The van der Waals surface area contributed by atoms with E-state index in [9.17, 15) is 0 Å². The maximum Gasteiger partial charge on any atom is 0.110 e. The Hall–Kier alpha value is -1.57. The molecular weight excluding hydrogens is 160 g/mol. The van der Waals surface area contributed by atoms with E-state index in [0.29, 0.717) is 0 Å². The zero-order valence-corrected chi connectivity index (χ0v) is 7.62. The summed E-state index contributed by atoms with van der Waals surface area (Å²) in [5, 5.41) is 0. The maximum absolute atomic E-state index is 4.26. The molecular formula is C11H12N2. The van der Waals surface area contributed by atoms with Crippen molar-refractivity contribution in [1.29, 1.82) is 0 Å². The minimum atomic E-state index is 0.884. The summed E-state index contributed by atoms with van der Waals surface area (Å²) in [5.74, 6) is 1.03. The molecule has 2 heteroatoms. The summed E-state index contributed by atoms with van der Waals surface area (Å²) < 4.78 is 0. The molecule has 1 aromatic carbocycles. The van der Waals surface area contributed by atoms with Gasteiger partial charge in [0.25, 0.3) is 0 Å². The van der Waals surface area contributed by atoms with E-state index in [0.717, 1.165) is 17.9 Å². The molecule has 0 aliphatic carbocycles. The van der Waals surface area contributed by atoms with Crippen molar-refractivity contribution >= 4 is 0 Å². The average molecular weight is 172 g/mol. The zero-order valence-electron chi connectivity index (χ0n) is 7.62. The van der Waals surface area contributed by atoms with E-state index >= 15 is 0 Å². The van der Waals surface area contributed by atoms with E-state index < -0.39 is 0 Å². The van der Waals surface area contributed by atoms with Crippen LogP contribution in [0.2, 0.25) is 0 Å². The average Bonchev–Trinajstić information content (AvgIpc) is 2.53. The van der Waals surface area contributed by atoms with Gasteiger partial charge in [-0.2, -0.15) is 0 Å². The lowest BCUT2D eigenvalue weighted by Crippen LogP contribution is -1.89. The number of aryl methyl sites for hydroxylation is 1. The van der Waals surface area contributed by atoms with E-state index in [2.05, 4.69) is 22.1 Å². The Balaban J connectivity index is 2.15. The molecule has 0 saturated carbocycles. The van der Waals surface area contributed by atoms with Crippen LogP contribution in [0.15, 0.2) is 36.5 Å². The Morgan fingerprint density at radius 2 is 2.00 bits per heavy atom. The fourth-order valence-electron chi connectivity index (χ4n) is 1.35. The van der Waals surface area contributed by atoms with Crippen molar-refractivity contribution in [3.63, 3.8) is 0 Å². The number of benzene rings is 1. The van der Waals surface area contributed by atoms with E-state index in [1.807, 2.05) is 31.3 Å². The van der Waals surface area contributed by atoms with Crippen LogP contribution in [0.3, 0.4) is 0 Å². The number of hydrogen-bond acceptors (Lipinski definition) is 1. The lowest BCUT2D eigenvalue weighted by molar-refractivity contribution is 1.02. The predicted molar refractivity (Wildman–Crippen MR) is 52.6 cm³/mol. The molecule has 2 aromatic rings. The topological polar surface area (TPSA) is 28.7 Å². The molecule has 0 atom stereocenters. The Morgan fingerprint density at radius 1 is 1.23 bits per heavy atom. The largest absolute Gasteiger partial charge is 0.346 e. The summed E-state index contributed by atoms with van der Waals surface area (Å²) in [6, 6.07) is 10.3. The second-order valence-corrected chi connectivity index (χ2v) is 3.18. The number of rotatable bonds is 2. The third-order valence-electron chi connectivity index (χ3n) is 1.97. The summed E-state index contributed by atoms with van der Waals surface area (Å²) in [4.78, 5) is 7.47. The van der Waals surface area contributed by atoms with Crippen LogP contribution in [0.1, 0.15) is 17.1 Å². The number of H-pyrrole nitrogens is 1. The molecule has 0 amide bonds. The number of nitrogens with one attached hydrogen (secondary N) is 1. The Labute approximate surface area is 77.6 Å². The first-order valence-electron chi connectivity index (χ1n) is 4.39. The summed E-state index contributed by atoms with van der Waals surface area (Å²) in [6.45, 7) is 2.02. The Kier molecular flexibility index (Phi) is 2.13. The minimum Gasteiger partial charge on any atom is -0.346 e. The van der Waals surface area contributed by atoms with Gasteiger partial charge in [-0.1, -0.05) is 30.3 Å². The van der Waals surface area contributed by atoms with Gasteiger partial charge in [-0.3, -0.25) is 0 Å². The third-order valence-corrected chi connectivity index (χ3v) is 1.97. The van der Waals surface area contributed by atoms with Gasteiger partial charge < -0.3 is 4.98 Å². The van der Waals surface area contributed by atoms with Crippen molar-refractivity contribution in [2.24, 2.45) is 0 Å². The van der Waals surface area contributed by atoms with E-state index in [4.69, 9.17) is 0 Å². The minimum absolute atomic E-state index is 0.884. The highest BCUT2D eigenvalue weighted by Gasteiger charge is 1.97. The van der Waals surface area contributed by atoms with Gasteiger partial charge in [-0.05, 0) is 12.5 Å². The van der Waals surface area contributed by atoms with Crippen molar-refractivity contribution in [1.82, 2.24) is 9.97 Å². The second-order valence-electron chi connectivity index (χ2n) is 3.18. The van der Waals surface area contributed by atoms with Crippen LogP contribution in [0.25, 0.3) is 0 Å². The van der Waals surface area contributed by atoms with Gasteiger partial charge in [-0.15, -0.1) is 0 Å². The number of hydrogen-bond donors (Lipinski definition) is 1. The smallest absolute Gasteiger partial charge is 0.110 e. The van der Waals surface area contributed by atoms with Gasteiger partial charge in [0, 0.05) is 18.3 Å². The first-order valence-corrected chi connectivity index (χ1v) is 4.39. The van der Waals surface area contributed by atoms with Crippen molar-refractivity contribution in [3.05, 3.63) is 53.6 Å². The van der Waals surface area contributed by atoms with Crippen LogP contribution in [0.5, 0.6) is 0 Å². The second kappa shape index (κ2) is 3.44.